The normalized spacial score (nSPS) is 25.5. The van der Waals surface area contributed by atoms with E-state index in [0.717, 1.165) is 25.8 Å². The van der Waals surface area contributed by atoms with Crippen LogP contribution in [-0.4, -0.2) is 79.2 Å². The third kappa shape index (κ3) is 4.23. The van der Waals surface area contributed by atoms with Gasteiger partial charge in [0.25, 0.3) is 0 Å². The summed E-state index contributed by atoms with van der Waals surface area (Å²) in [5.74, 6) is -0.224. The number of nitrogens with one attached hydrogen (secondary N) is 2. The quantitative estimate of drug-likeness (QED) is 0.529. The zero-order chi connectivity index (χ0) is 17.0. The largest absolute Gasteiger partial charge is 0.370 e. The summed E-state index contributed by atoms with van der Waals surface area (Å²) in [5.41, 5.74) is 0. The average Bonchev–Trinajstić information content (AvgIpc) is 3.15. The Morgan fingerprint density at radius 3 is 2.52 bits per heavy atom. The van der Waals surface area contributed by atoms with Gasteiger partial charge in [0.2, 0.25) is 11.8 Å². The van der Waals surface area contributed by atoms with Crippen LogP contribution in [0.2, 0.25) is 0 Å². The van der Waals surface area contributed by atoms with Crippen LogP contribution >= 0.6 is 12.2 Å². The molecule has 2 N–H and O–H groups in total. The third-order valence-corrected chi connectivity index (χ3v) is 5.10. The Balaban J connectivity index is 1.92. The van der Waals surface area contributed by atoms with E-state index in [-0.39, 0.29) is 30.3 Å². The molecule has 0 aromatic rings. The number of nitrogens with zero attached hydrogens (tertiary/aromatic N) is 2. The predicted octanol–water partition coefficient (Wildman–Crippen LogP) is -0.381. The summed E-state index contributed by atoms with van der Waals surface area (Å²) in [6, 6.07) is -0.656. The van der Waals surface area contributed by atoms with Crippen molar-refractivity contribution in [1.82, 2.24) is 20.4 Å². The van der Waals surface area contributed by atoms with Crippen molar-refractivity contribution in [2.24, 2.45) is 0 Å². The number of thiocarbonyl (C=S) groups is 1. The second-order valence-corrected chi connectivity index (χ2v) is 6.67. The topological polar surface area (TPSA) is 64.7 Å². The molecule has 126 valence electrons. The highest BCUT2D eigenvalue weighted by Crippen LogP contribution is 2.19. The molecule has 6 nitrogen and oxygen atoms in total. The first-order valence-electron chi connectivity index (χ1n) is 8.26. The molecule has 2 heterocycles. The van der Waals surface area contributed by atoms with Gasteiger partial charge in [0, 0.05) is 13.1 Å². The standard InChI is InChI=1S/C15H25BN4O2S/c1-10(15(23)20-8-4-6-12(20)16)18-14(22)11-5-3-7-19(11)13(21)9-17-2/h10-12,17H,3-9H2,1-2H3,(H,18,22)/t10-,11-,12-/m0/s1. The highest BCUT2D eigenvalue weighted by Gasteiger charge is 2.35. The van der Waals surface area contributed by atoms with Gasteiger partial charge in [-0.15, -0.1) is 0 Å². The molecule has 2 saturated heterocycles. The van der Waals surface area contributed by atoms with Crippen LogP contribution in [-0.2, 0) is 9.59 Å². The number of hydrogen-bond acceptors (Lipinski definition) is 4. The minimum atomic E-state index is -0.395. The molecule has 0 aromatic carbocycles. The van der Waals surface area contributed by atoms with Crippen molar-refractivity contribution in [3.05, 3.63) is 0 Å². The van der Waals surface area contributed by atoms with Gasteiger partial charge >= 0.3 is 0 Å². The lowest BCUT2D eigenvalue weighted by Crippen LogP contribution is -2.53. The molecule has 2 amide bonds. The Morgan fingerprint density at radius 1 is 1.26 bits per heavy atom. The van der Waals surface area contributed by atoms with Crippen LogP contribution in [0.1, 0.15) is 32.6 Å². The van der Waals surface area contributed by atoms with Gasteiger partial charge in [-0.25, -0.2) is 0 Å². The monoisotopic (exact) mass is 336 g/mol. The summed E-state index contributed by atoms with van der Waals surface area (Å²) in [5, 5.41) is 5.79. The van der Waals surface area contributed by atoms with E-state index < -0.39 is 6.04 Å². The van der Waals surface area contributed by atoms with E-state index >= 15 is 0 Å². The molecular weight excluding hydrogens is 311 g/mol. The van der Waals surface area contributed by atoms with Crippen LogP contribution < -0.4 is 10.6 Å². The third-order valence-electron chi connectivity index (χ3n) is 4.52. The number of hydrogen-bond donors (Lipinski definition) is 2. The molecule has 0 aliphatic carbocycles. The molecule has 0 unspecified atom stereocenters. The maximum absolute atomic E-state index is 12.5. The van der Waals surface area contributed by atoms with E-state index in [1.165, 1.54) is 0 Å². The number of likely N-dealkylation sites (tertiary alicyclic amines) is 2. The Labute approximate surface area is 144 Å². The van der Waals surface area contributed by atoms with Gasteiger partial charge in [-0.1, -0.05) is 12.2 Å². The van der Waals surface area contributed by atoms with E-state index in [1.807, 2.05) is 11.8 Å². The van der Waals surface area contributed by atoms with Gasteiger partial charge in [0.05, 0.1) is 25.4 Å². The fraction of sp³-hybridized carbons (Fsp3) is 0.800. The zero-order valence-corrected chi connectivity index (χ0v) is 14.7. The fourth-order valence-electron chi connectivity index (χ4n) is 3.28. The SMILES string of the molecule is [B][C@@H]1CCCN1C(=S)[C@H](C)NC(=O)[C@@H]1CCCN1C(=O)CNC. The molecule has 0 spiro atoms. The van der Waals surface area contributed by atoms with Crippen LogP contribution in [0.4, 0.5) is 0 Å². The molecule has 23 heavy (non-hydrogen) atoms. The van der Waals surface area contributed by atoms with Gasteiger partial charge in [-0.05, 0) is 45.6 Å². The van der Waals surface area contributed by atoms with Gasteiger partial charge < -0.3 is 20.4 Å². The van der Waals surface area contributed by atoms with Crippen LogP contribution in [0, 0.1) is 0 Å². The molecule has 0 bridgehead atoms. The molecule has 2 radical (unpaired) electrons. The molecular formula is C15H25BN4O2S. The first-order valence-corrected chi connectivity index (χ1v) is 8.67. The summed E-state index contributed by atoms with van der Waals surface area (Å²) < 4.78 is 0. The predicted molar refractivity (Wildman–Crippen MR) is 94.3 cm³/mol. The molecule has 0 aromatic heterocycles. The van der Waals surface area contributed by atoms with E-state index in [1.54, 1.807) is 11.9 Å². The van der Waals surface area contributed by atoms with Gasteiger partial charge in [-0.3, -0.25) is 9.59 Å². The van der Waals surface area contributed by atoms with Crippen molar-refractivity contribution in [2.45, 2.75) is 50.6 Å². The fourth-order valence-corrected chi connectivity index (χ4v) is 3.56. The van der Waals surface area contributed by atoms with E-state index in [4.69, 9.17) is 20.1 Å². The second-order valence-electron chi connectivity index (χ2n) is 6.25. The number of likely N-dealkylation sites (N-methyl/N-ethyl adjacent to an activating group) is 1. The maximum Gasteiger partial charge on any atom is 0.243 e. The summed E-state index contributed by atoms with van der Waals surface area (Å²) in [7, 11) is 7.76. The number of carbonyl (C=O) groups is 2. The lowest BCUT2D eigenvalue weighted by Gasteiger charge is -2.30. The first kappa shape index (κ1) is 18.2. The Bertz CT molecular complexity index is 476. The zero-order valence-electron chi connectivity index (χ0n) is 13.9. The second kappa shape index (κ2) is 8.10. The molecule has 2 rings (SSSR count). The summed E-state index contributed by atoms with van der Waals surface area (Å²) in [6.07, 6.45) is 3.50. The van der Waals surface area contributed by atoms with Crippen LogP contribution in [0.3, 0.4) is 0 Å². The molecule has 2 aliphatic heterocycles. The molecule has 0 saturated carbocycles. The van der Waals surface area contributed by atoms with Gasteiger partial charge in [-0.2, -0.15) is 0 Å². The Kier molecular flexibility index (Phi) is 6.41. The minimum absolute atomic E-state index is 0.0399. The smallest absolute Gasteiger partial charge is 0.243 e. The minimum Gasteiger partial charge on any atom is -0.370 e. The highest BCUT2D eigenvalue weighted by atomic mass is 32.1. The Hall–Kier alpha value is -1.15. The van der Waals surface area contributed by atoms with Crippen molar-refractivity contribution >= 4 is 36.9 Å². The van der Waals surface area contributed by atoms with Crippen LogP contribution in [0.25, 0.3) is 0 Å². The van der Waals surface area contributed by atoms with Crippen LogP contribution in [0.15, 0.2) is 0 Å². The average molecular weight is 336 g/mol. The first-order chi connectivity index (χ1) is 11.0. The number of carbonyl (C=O) groups excluding carboxylic acids is 2. The van der Waals surface area contributed by atoms with Crippen molar-refractivity contribution < 1.29 is 9.59 Å². The van der Waals surface area contributed by atoms with E-state index in [9.17, 15) is 9.59 Å². The lowest BCUT2D eigenvalue weighted by atomic mass is 9.94. The van der Waals surface area contributed by atoms with E-state index in [2.05, 4.69) is 10.6 Å². The van der Waals surface area contributed by atoms with Gasteiger partial charge in [0.15, 0.2) is 0 Å². The van der Waals surface area contributed by atoms with Crippen LogP contribution in [0.5, 0.6) is 0 Å². The highest BCUT2D eigenvalue weighted by molar-refractivity contribution is 7.80. The molecule has 3 atom stereocenters. The maximum atomic E-state index is 12.5. The number of amides is 2. The molecule has 2 aliphatic rings. The van der Waals surface area contributed by atoms with Crippen molar-refractivity contribution in [2.75, 3.05) is 26.7 Å². The molecule has 2 fully saturated rings. The van der Waals surface area contributed by atoms with E-state index in [0.29, 0.717) is 18.0 Å². The molecule has 8 heteroatoms. The Morgan fingerprint density at radius 2 is 1.91 bits per heavy atom. The lowest BCUT2D eigenvalue weighted by molar-refractivity contribution is -0.137. The summed E-state index contributed by atoms with van der Waals surface area (Å²) in [6.45, 7) is 3.60. The van der Waals surface area contributed by atoms with Crippen molar-refractivity contribution in [3.8, 4) is 0 Å². The number of rotatable bonds is 5. The summed E-state index contributed by atoms with van der Waals surface area (Å²) >= 11 is 5.47. The summed E-state index contributed by atoms with van der Waals surface area (Å²) in [4.78, 5) is 28.9. The van der Waals surface area contributed by atoms with Gasteiger partial charge in [0.1, 0.15) is 6.04 Å². The van der Waals surface area contributed by atoms with Crippen molar-refractivity contribution in [1.29, 1.82) is 0 Å². The van der Waals surface area contributed by atoms with Crippen molar-refractivity contribution in [3.63, 3.8) is 0 Å².